The number of benzene rings is 1. The van der Waals surface area contributed by atoms with E-state index in [1.807, 2.05) is 12.1 Å². The predicted molar refractivity (Wildman–Crippen MR) is 74.5 cm³/mol. The molecule has 0 fully saturated rings. The van der Waals surface area contributed by atoms with Crippen molar-refractivity contribution in [2.75, 3.05) is 5.32 Å². The Labute approximate surface area is 117 Å². The largest absolute Gasteiger partial charge is 0.351 e. The monoisotopic (exact) mass is 323 g/mol. The summed E-state index contributed by atoms with van der Waals surface area (Å²) in [5.74, 6) is -0.417. The third-order valence-electron chi connectivity index (χ3n) is 2.49. The first kappa shape index (κ1) is 13.3. The highest BCUT2D eigenvalue weighted by Gasteiger charge is 2.14. The van der Waals surface area contributed by atoms with Crippen LogP contribution in [0.3, 0.4) is 0 Å². The summed E-state index contributed by atoms with van der Waals surface area (Å²) in [6.45, 7) is 0. The Morgan fingerprint density at radius 1 is 1.37 bits per heavy atom. The molecule has 1 aromatic carbocycles. The molecule has 7 heteroatoms. The average molecular weight is 324 g/mol. The van der Waals surface area contributed by atoms with E-state index in [0.29, 0.717) is 5.69 Å². The first-order valence-electron chi connectivity index (χ1n) is 5.39. The quantitative estimate of drug-likeness (QED) is 0.515. The number of aromatic nitrogens is 1. The molecule has 0 spiro atoms. The van der Waals surface area contributed by atoms with Crippen LogP contribution in [0.15, 0.2) is 36.5 Å². The van der Waals surface area contributed by atoms with Gasteiger partial charge in [-0.15, -0.1) is 0 Å². The summed E-state index contributed by atoms with van der Waals surface area (Å²) in [4.78, 5) is 24.4. The van der Waals surface area contributed by atoms with Crippen LogP contribution in [0.25, 0.3) is 0 Å². The number of aromatic amines is 1. The second kappa shape index (κ2) is 5.66. The van der Waals surface area contributed by atoms with E-state index in [1.165, 1.54) is 12.3 Å². The topological polar surface area (TPSA) is 88.0 Å². The van der Waals surface area contributed by atoms with Gasteiger partial charge in [-0.2, -0.15) is 0 Å². The van der Waals surface area contributed by atoms with Crippen LogP contribution in [0.5, 0.6) is 0 Å². The Bertz CT molecular complexity index is 607. The minimum absolute atomic E-state index is 0.139. The molecule has 2 aromatic rings. The van der Waals surface area contributed by atoms with E-state index in [-0.39, 0.29) is 11.4 Å². The number of nitro groups is 1. The first-order chi connectivity index (χ1) is 9.10. The van der Waals surface area contributed by atoms with Crippen molar-refractivity contribution in [3.63, 3.8) is 0 Å². The van der Waals surface area contributed by atoms with Crippen LogP contribution in [-0.4, -0.2) is 15.8 Å². The molecule has 0 aliphatic carbocycles. The highest BCUT2D eigenvalue weighted by molar-refractivity contribution is 9.08. The number of H-pyrrole nitrogens is 1. The number of anilines is 1. The highest BCUT2D eigenvalue weighted by atomic mass is 79.9. The third kappa shape index (κ3) is 3.19. The summed E-state index contributed by atoms with van der Waals surface area (Å²) in [6, 6.07) is 8.49. The van der Waals surface area contributed by atoms with E-state index in [2.05, 4.69) is 26.2 Å². The fraction of sp³-hybridized carbons (Fsp3) is 0.0833. The molecule has 1 heterocycles. The molecular formula is C12H10BrN3O3. The van der Waals surface area contributed by atoms with Crippen LogP contribution < -0.4 is 5.32 Å². The molecule has 0 bridgehead atoms. The minimum atomic E-state index is -0.557. The molecule has 1 amide bonds. The van der Waals surface area contributed by atoms with Crippen LogP contribution >= 0.6 is 15.9 Å². The minimum Gasteiger partial charge on any atom is -0.351 e. The molecule has 0 aliphatic rings. The molecule has 0 radical (unpaired) electrons. The zero-order valence-electron chi connectivity index (χ0n) is 9.72. The Morgan fingerprint density at radius 2 is 2.05 bits per heavy atom. The number of halogens is 1. The number of rotatable bonds is 4. The summed E-state index contributed by atoms with van der Waals surface area (Å²) in [5, 5.41) is 13.9. The summed E-state index contributed by atoms with van der Waals surface area (Å²) in [6.07, 6.45) is 1.18. The van der Waals surface area contributed by atoms with Gasteiger partial charge >= 0.3 is 0 Å². The maximum Gasteiger partial charge on any atom is 0.287 e. The molecule has 0 atom stereocenters. The highest BCUT2D eigenvalue weighted by Crippen LogP contribution is 2.15. The second-order valence-electron chi connectivity index (χ2n) is 3.81. The molecule has 1 aromatic heterocycles. The lowest BCUT2D eigenvalue weighted by molar-refractivity contribution is -0.384. The lowest BCUT2D eigenvalue weighted by Crippen LogP contribution is -2.12. The van der Waals surface area contributed by atoms with Gasteiger partial charge in [-0.1, -0.05) is 28.1 Å². The molecule has 0 aliphatic heterocycles. The Hall–Kier alpha value is -2.15. The molecule has 0 saturated carbocycles. The number of amides is 1. The standard InChI is InChI=1S/C12H10BrN3O3/c13-6-8-1-3-9(4-2-8)15-12(17)11-5-10(7-14-11)16(18)19/h1-5,7,14H,6H2,(H,15,17). The maximum atomic E-state index is 11.8. The zero-order chi connectivity index (χ0) is 13.8. The van der Waals surface area contributed by atoms with Crippen molar-refractivity contribution in [3.05, 3.63) is 57.9 Å². The van der Waals surface area contributed by atoms with Crippen LogP contribution in [0, 0.1) is 10.1 Å². The van der Waals surface area contributed by atoms with Gasteiger partial charge in [0.2, 0.25) is 0 Å². The average Bonchev–Trinajstić information content (AvgIpc) is 2.89. The molecule has 2 rings (SSSR count). The van der Waals surface area contributed by atoms with Crippen LogP contribution in [-0.2, 0) is 5.33 Å². The van der Waals surface area contributed by atoms with Gasteiger partial charge in [0, 0.05) is 17.1 Å². The van der Waals surface area contributed by atoms with Crippen molar-refractivity contribution in [1.29, 1.82) is 0 Å². The second-order valence-corrected chi connectivity index (χ2v) is 4.37. The van der Waals surface area contributed by atoms with E-state index in [0.717, 1.165) is 10.9 Å². The van der Waals surface area contributed by atoms with E-state index in [9.17, 15) is 14.9 Å². The van der Waals surface area contributed by atoms with Crippen molar-refractivity contribution in [2.45, 2.75) is 5.33 Å². The molecule has 98 valence electrons. The van der Waals surface area contributed by atoms with Crippen molar-refractivity contribution in [2.24, 2.45) is 0 Å². The van der Waals surface area contributed by atoms with Crippen LogP contribution in [0.4, 0.5) is 11.4 Å². The fourth-order valence-electron chi connectivity index (χ4n) is 1.50. The molecule has 6 nitrogen and oxygen atoms in total. The fourth-order valence-corrected chi connectivity index (χ4v) is 1.87. The number of nitrogens with zero attached hydrogens (tertiary/aromatic N) is 1. The lowest BCUT2D eigenvalue weighted by atomic mass is 10.2. The molecule has 19 heavy (non-hydrogen) atoms. The smallest absolute Gasteiger partial charge is 0.287 e. The van der Waals surface area contributed by atoms with Gasteiger partial charge in [0.1, 0.15) is 5.69 Å². The van der Waals surface area contributed by atoms with Crippen molar-refractivity contribution in [1.82, 2.24) is 4.98 Å². The van der Waals surface area contributed by atoms with Gasteiger partial charge in [0.05, 0.1) is 11.1 Å². The van der Waals surface area contributed by atoms with E-state index in [4.69, 9.17) is 0 Å². The van der Waals surface area contributed by atoms with Crippen LogP contribution in [0.1, 0.15) is 16.1 Å². The Morgan fingerprint density at radius 3 is 2.58 bits per heavy atom. The van der Waals surface area contributed by atoms with E-state index < -0.39 is 10.8 Å². The Kier molecular flexibility index (Phi) is 3.96. The SMILES string of the molecule is O=C(Nc1ccc(CBr)cc1)c1cc([N+](=O)[O-])c[nH]1. The lowest BCUT2D eigenvalue weighted by Gasteiger charge is -2.04. The van der Waals surface area contributed by atoms with E-state index >= 15 is 0 Å². The van der Waals surface area contributed by atoms with Gasteiger partial charge < -0.3 is 10.3 Å². The number of alkyl halides is 1. The summed E-state index contributed by atoms with van der Waals surface area (Å²) < 4.78 is 0. The molecule has 0 saturated heterocycles. The summed E-state index contributed by atoms with van der Waals surface area (Å²) >= 11 is 3.33. The molecular weight excluding hydrogens is 314 g/mol. The normalized spacial score (nSPS) is 10.2. The van der Waals surface area contributed by atoms with Gasteiger partial charge in [0.25, 0.3) is 11.6 Å². The summed E-state index contributed by atoms with van der Waals surface area (Å²) in [7, 11) is 0. The van der Waals surface area contributed by atoms with Gasteiger partial charge in [-0.25, -0.2) is 0 Å². The number of nitrogens with one attached hydrogen (secondary N) is 2. The number of hydrogen-bond acceptors (Lipinski definition) is 3. The first-order valence-corrected chi connectivity index (χ1v) is 6.51. The van der Waals surface area contributed by atoms with Crippen molar-refractivity contribution < 1.29 is 9.72 Å². The van der Waals surface area contributed by atoms with Crippen molar-refractivity contribution in [3.8, 4) is 0 Å². The van der Waals surface area contributed by atoms with Crippen molar-refractivity contribution >= 4 is 33.2 Å². The predicted octanol–water partition coefficient (Wildman–Crippen LogP) is 3.07. The Balaban J connectivity index is 2.08. The number of carbonyl (C=O) groups is 1. The van der Waals surface area contributed by atoms with E-state index in [1.54, 1.807) is 12.1 Å². The third-order valence-corrected chi connectivity index (χ3v) is 3.14. The van der Waals surface area contributed by atoms with Gasteiger partial charge in [-0.05, 0) is 17.7 Å². The van der Waals surface area contributed by atoms with Gasteiger partial charge in [-0.3, -0.25) is 14.9 Å². The number of carbonyl (C=O) groups excluding carboxylic acids is 1. The van der Waals surface area contributed by atoms with Gasteiger partial charge in [0.15, 0.2) is 0 Å². The molecule has 0 unspecified atom stereocenters. The van der Waals surface area contributed by atoms with Crippen LogP contribution in [0.2, 0.25) is 0 Å². The maximum absolute atomic E-state index is 11.8. The summed E-state index contributed by atoms with van der Waals surface area (Å²) in [5.41, 5.74) is 1.73. The zero-order valence-corrected chi connectivity index (χ0v) is 11.3. The molecule has 2 N–H and O–H groups in total. The number of hydrogen-bond donors (Lipinski definition) is 2.